The van der Waals surface area contributed by atoms with Gasteiger partial charge in [-0.05, 0) is 24.2 Å². The number of piperazine rings is 1. The van der Waals surface area contributed by atoms with Crippen molar-refractivity contribution in [2.45, 2.75) is 31.2 Å². The van der Waals surface area contributed by atoms with E-state index < -0.39 is 0 Å². The predicted octanol–water partition coefficient (Wildman–Crippen LogP) is 4.02. The number of nitrogens with one attached hydrogen (secondary N) is 3. The second kappa shape index (κ2) is 12.0. The maximum absolute atomic E-state index is 12.6. The topological polar surface area (TPSA) is 98.3 Å². The van der Waals surface area contributed by atoms with E-state index in [9.17, 15) is 4.79 Å². The lowest BCUT2D eigenvalue weighted by Gasteiger charge is -2.34. The van der Waals surface area contributed by atoms with Gasteiger partial charge in [-0.1, -0.05) is 19.1 Å². The zero-order valence-corrected chi connectivity index (χ0v) is 22.1. The molecular weight excluding hydrogens is 492 g/mol. The van der Waals surface area contributed by atoms with E-state index >= 15 is 0 Å². The van der Waals surface area contributed by atoms with Crippen LogP contribution in [0.5, 0.6) is 0 Å². The molecule has 190 valence electrons. The van der Waals surface area contributed by atoms with Crippen LogP contribution in [-0.2, 0) is 19.4 Å². The largest absolute Gasteiger partial charge is 0.369 e. The van der Waals surface area contributed by atoms with Crippen LogP contribution in [0.2, 0.25) is 0 Å². The van der Waals surface area contributed by atoms with Crippen LogP contribution in [0.25, 0.3) is 0 Å². The first-order valence-electron chi connectivity index (χ1n) is 12.4. The first kappa shape index (κ1) is 24.9. The van der Waals surface area contributed by atoms with Crippen LogP contribution in [0.3, 0.4) is 0 Å². The van der Waals surface area contributed by atoms with E-state index in [1.807, 2.05) is 24.4 Å². The van der Waals surface area contributed by atoms with Crippen LogP contribution in [0, 0.1) is 0 Å². The molecule has 9 nitrogen and oxygen atoms in total. The van der Waals surface area contributed by atoms with Crippen molar-refractivity contribution in [3.63, 3.8) is 0 Å². The van der Waals surface area contributed by atoms with E-state index in [-0.39, 0.29) is 6.03 Å². The average molecular weight is 525 g/mol. The number of aromatic nitrogens is 3. The van der Waals surface area contributed by atoms with Crippen molar-refractivity contribution < 1.29 is 4.79 Å². The monoisotopic (exact) mass is 524 g/mol. The Bertz CT molecular complexity index is 1180. The molecule has 3 N–H and O–H groups in total. The van der Waals surface area contributed by atoms with E-state index in [4.69, 9.17) is 0 Å². The first-order chi connectivity index (χ1) is 17.7. The summed E-state index contributed by atoms with van der Waals surface area (Å²) in [7, 11) is 0. The van der Waals surface area contributed by atoms with Crippen LogP contribution >= 0.6 is 23.1 Å². The highest BCUT2D eigenvalue weighted by Crippen LogP contribution is 2.34. The van der Waals surface area contributed by atoms with Crippen molar-refractivity contribution in [1.29, 1.82) is 0 Å². The summed E-state index contributed by atoms with van der Waals surface area (Å²) in [6.45, 7) is 9.36. The fourth-order valence-electron chi connectivity index (χ4n) is 4.43. The van der Waals surface area contributed by atoms with Crippen molar-refractivity contribution in [3.8, 4) is 0 Å². The van der Waals surface area contributed by atoms with Crippen LogP contribution in [0.15, 0.2) is 41.7 Å². The first-order valence-corrected chi connectivity index (χ1v) is 14.2. The molecule has 2 aliphatic heterocycles. The maximum atomic E-state index is 12.6. The van der Waals surface area contributed by atoms with Gasteiger partial charge in [0.15, 0.2) is 5.13 Å². The molecule has 0 bridgehead atoms. The van der Waals surface area contributed by atoms with Crippen molar-refractivity contribution in [3.05, 3.63) is 52.9 Å². The quantitative estimate of drug-likeness (QED) is 0.386. The van der Waals surface area contributed by atoms with Gasteiger partial charge in [0.1, 0.15) is 12.1 Å². The molecule has 1 aromatic carbocycles. The number of benzene rings is 1. The highest BCUT2D eigenvalue weighted by atomic mass is 32.2. The Kier molecular flexibility index (Phi) is 8.32. The Morgan fingerprint density at radius 1 is 1.08 bits per heavy atom. The summed E-state index contributed by atoms with van der Waals surface area (Å²) >= 11 is 3.30. The van der Waals surface area contributed by atoms with Gasteiger partial charge in [-0.15, -0.1) is 23.1 Å². The van der Waals surface area contributed by atoms with E-state index in [0.29, 0.717) is 5.13 Å². The normalized spacial score (nSPS) is 16.0. The number of aryl methyl sites for hydroxylation is 1. The fourth-order valence-corrected chi connectivity index (χ4v) is 6.32. The fraction of sp³-hybridized carbons (Fsp3) is 0.440. The number of thioether (sulfide) groups is 1. The second-order valence-electron chi connectivity index (χ2n) is 8.89. The minimum absolute atomic E-state index is 0.281. The number of likely N-dealkylation sites (N-methyl/N-ethyl adjacent to an activating group) is 1. The molecule has 2 aromatic heterocycles. The van der Waals surface area contributed by atoms with E-state index in [0.717, 1.165) is 86.5 Å². The Balaban J connectivity index is 1.08. The molecule has 0 aliphatic carbocycles. The van der Waals surface area contributed by atoms with E-state index in [1.165, 1.54) is 21.8 Å². The van der Waals surface area contributed by atoms with Crippen molar-refractivity contribution in [2.24, 2.45) is 0 Å². The molecule has 1 saturated heterocycles. The number of nitrogens with zero attached hydrogens (tertiary/aromatic N) is 5. The number of urea groups is 1. The van der Waals surface area contributed by atoms with Gasteiger partial charge in [0.25, 0.3) is 0 Å². The highest BCUT2D eigenvalue weighted by molar-refractivity contribution is 7.99. The van der Waals surface area contributed by atoms with Gasteiger partial charge >= 0.3 is 6.03 Å². The molecule has 5 rings (SSSR count). The Hall–Kier alpha value is -2.73. The van der Waals surface area contributed by atoms with Crippen molar-refractivity contribution >= 4 is 45.8 Å². The molecule has 2 aliphatic rings. The summed E-state index contributed by atoms with van der Waals surface area (Å²) in [6, 6.07) is 7.79. The number of carbonyl (C=O) groups is 1. The van der Waals surface area contributed by atoms with Gasteiger partial charge in [-0.3, -0.25) is 10.2 Å². The molecule has 11 heteroatoms. The van der Waals surface area contributed by atoms with Gasteiger partial charge < -0.3 is 15.5 Å². The average Bonchev–Trinajstić information content (AvgIpc) is 3.55. The zero-order chi connectivity index (χ0) is 24.7. The number of carbonyl (C=O) groups excluding carboxylic acids is 1. The molecule has 0 atom stereocenters. The number of amides is 2. The molecule has 4 heterocycles. The molecule has 1 fully saturated rings. The summed E-state index contributed by atoms with van der Waals surface area (Å²) in [5.74, 6) is 1.98. The third kappa shape index (κ3) is 6.52. The second-order valence-corrected chi connectivity index (χ2v) is 11.1. The zero-order valence-electron chi connectivity index (χ0n) is 20.5. The van der Waals surface area contributed by atoms with Crippen LogP contribution in [0.4, 0.5) is 21.4 Å². The van der Waals surface area contributed by atoms with Gasteiger partial charge in [-0.25, -0.2) is 19.7 Å². The third-order valence-corrected chi connectivity index (χ3v) is 8.50. The molecule has 0 spiro atoms. The van der Waals surface area contributed by atoms with Gasteiger partial charge in [0.2, 0.25) is 0 Å². The number of fused-ring (bicyclic) bond motifs is 1. The SMILES string of the molecule is CCN1CCN(Cc2cccc(NC(=O)Nc3ncc(CCNc4ncnc5c4SCC5)s3)c2)CC1. The van der Waals surface area contributed by atoms with Crippen molar-refractivity contribution in [1.82, 2.24) is 24.8 Å². The highest BCUT2D eigenvalue weighted by Gasteiger charge is 2.18. The Morgan fingerprint density at radius 2 is 1.94 bits per heavy atom. The number of rotatable bonds is 9. The maximum Gasteiger partial charge on any atom is 0.325 e. The van der Waals surface area contributed by atoms with Crippen LogP contribution in [-0.4, -0.2) is 75.8 Å². The van der Waals surface area contributed by atoms with E-state index in [1.54, 1.807) is 18.1 Å². The number of hydrogen-bond donors (Lipinski definition) is 3. The molecular formula is C25H32N8OS2. The van der Waals surface area contributed by atoms with E-state index in [2.05, 4.69) is 53.7 Å². The minimum Gasteiger partial charge on any atom is -0.369 e. The predicted molar refractivity (Wildman–Crippen MR) is 147 cm³/mol. The lowest BCUT2D eigenvalue weighted by molar-refractivity contribution is 0.132. The Morgan fingerprint density at radius 3 is 2.81 bits per heavy atom. The number of anilines is 3. The summed E-state index contributed by atoms with van der Waals surface area (Å²) in [6.07, 6.45) is 5.26. The third-order valence-electron chi connectivity index (χ3n) is 6.40. The van der Waals surface area contributed by atoms with Gasteiger partial charge in [0.05, 0.1) is 10.6 Å². The molecule has 36 heavy (non-hydrogen) atoms. The van der Waals surface area contributed by atoms with Crippen LogP contribution < -0.4 is 16.0 Å². The van der Waals surface area contributed by atoms with Gasteiger partial charge in [-0.2, -0.15) is 0 Å². The number of hydrogen-bond acceptors (Lipinski definition) is 9. The summed E-state index contributed by atoms with van der Waals surface area (Å²) < 4.78 is 0. The smallest absolute Gasteiger partial charge is 0.325 e. The lowest BCUT2D eigenvalue weighted by Crippen LogP contribution is -2.45. The molecule has 0 saturated carbocycles. The summed E-state index contributed by atoms with van der Waals surface area (Å²) in [5.41, 5.74) is 3.12. The summed E-state index contributed by atoms with van der Waals surface area (Å²) in [5, 5.41) is 9.81. The Labute approximate surface area is 220 Å². The standard InChI is InChI=1S/C25H32N8OS2/c1-2-32-9-11-33(12-10-32)16-18-4-3-5-19(14-18)30-24(34)31-25-27-15-20(36-25)6-8-26-23-22-21(7-13-35-22)28-17-29-23/h3-5,14-15,17H,2,6-13,16H2,1H3,(H,26,28,29)(H2,27,30,31,34). The summed E-state index contributed by atoms with van der Waals surface area (Å²) in [4.78, 5) is 32.9. The number of thiazole rings is 1. The lowest BCUT2D eigenvalue weighted by atomic mass is 10.1. The minimum atomic E-state index is -0.281. The molecule has 2 amide bonds. The van der Waals surface area contributed by atoms with Crippen LogP contribution in [0.1, 0.15) is 23.1 Å². The molecule has 0 radical (unpaired) electrons. The van der Waals surface area contributed by atoms with Gasteiger partial charge in [0, 0.05) is 74.6 Å². The molecule has 0 unspecified atom stereocenters. The molecule has 3 aromatic rings. The van der Waals surface area contributed by atoms with Crippen molar-refractivity contribution in [2.75, 3.05) is 61.0 Å².